The molecule has 0 saturated carbocycles. The Bertz CT molecular complexity index is 347. The van der Waals surface area contributed by atoms with Crippen LogP contribution in [0, 0.1) is 12.8 Å². The molecule has 0 aliphatic rings. The van der Waals surface area contributed by atoms with E-state index in [0.29, 0.717) is 5.76 Å². The van der Waals surface area contributed by atoms with Crippen LogP contribution in [0.4, 0.5) is 0 Å². The van der Waals surface area contributed by atoms with Crippen molar-refractivity contribution in [3.63, 3.8) is 0 Å². The molecule has 0 fully saturated rings. The van der Waals surface area contributed by atoms with E-state index in [4.69, 9.17) is 4.42 Å². The quantitative estimate of drug-likeness (QED) is 0.546. The molecule has 0 saturated heterocycles. The largest absolute Gasteiger partial charge is 0.458 e. The average molecular weight is 194 g/mol. The summed E-state index contributed by atoms with van der Waals surface area (Å²) in [5.41, 5.74) is 0. The van der Waals surface area contributed by atoms with E-state index in [2.05, 4.69) is 0 Å². The summed E-state index contributed by atoms with van der Waals surface area (Å²) in [4.78, 5) is 22.7. The highest BCUT2D eigenvalue weighted by atomic mass is 16.3. The lowest BCUT2D eigenvalue weighted by Gasteiger charge is -2.00. The fourth-order valence-corrected chi connectivity index (χ4v) is 1.03. The molecule has 0 aromatic carbocycles. The summed E-state index contributed by atoms with van der Waals surface area (Å²) in [6.07, 6.45) is -0.0649. The summed E-state index contributed by atoms with van der Waals surface area (Å²) in [5, 5.41) is 0. The SMILES string of the molecule is Cc1ccc(C(=O)CC(=O)C(C)C)o1. The van der Waals surface area contributed by atoms with Crippen LogP contribution >= 0.6 is 0 Å². The van der Waals surface area contributed by atoms with Crippen molar-refractivity contribution in [2.45, 2.75) is 27.2 Å². The number of Topliss-reactive ketones (excluding diaryl/α,β-unsaturated/α-hetero) is 2. The second-order valence-electron chi connectivity index (χ2n) is 3.63. The Kier molecular flexibility index (Phi) is 3.23. The minimum Gasteiger partial charge on any atom is -0.458 e. The third-order valence-corrected chi connectivity index (χ3v) is 1.99. The van der Waals surface area contributed by atoms with Crippen molar-refractivity contribution in [3.8, 4) is 0 Å². The number of carbonyl (C=O) groups is 2. The highest BCUT2D eigenvalue weighted by molar-refractivity contribution is 6.06. The van der Waals surface area contributed by atoms with Gasteiger partial charge in [-0.1, -0.05) is 13.8 Å². The van der Waals surface area contributed by atoms with Gasteiger partial charge in [0.1, 0.15) is 11.5 Å². The summed E-state index contributed by atoms with van der Waals surface area (Å²) < 4.78 is 5.12. The number of hydrogen-bond acceptors (Lipinski definition) is 3. The van der Waals surface area contributed by atoms with Crippen molar-refractivity contribution in [2.75, 3.05) is 0 Å². The Morgan fingerprint density at radius 2 is 2.00 bits per heavy atom. The number of rotatable bonds is 4. The predicted octanol–water partition coefficient (Wildman–Crippen LogP) is 2.39. The van der Waals surface area contributed by atoms with Crippen LogP contribution in [0.2, 0.25) is 0 Å². The number of hydrogen-bond donors (Lipinski definition) is 0. The zero-order valence-corrected chi connectivity index (χ0v) is 8.66. The zero-order chi connectivity index (χ0) is 10.7. The molecule has 0 aliphatic heterocycles. The van der Waals surface area contributed by atoms with Gasteiger partial charge in [-0.05, 0) is 19.1 Å². The molecule has 14 heavy (non-hydrogen) atoms. The molecular weight excluding hydrogens is 180 g/mol. The first-order chi connectivity index (χ1) is 6.50. The summed E-state index contributed by atoms with van der Waals surface area (Å²) >= 11 is 0. The van der Waals surface area contributed by atoms with Gasteiger partial charge in [0.05, 0.1) is 6.42 Å². The standard InChI is InChI=1S/C11H14O3/c1-7(2)9(12)6-10(13)11-5-4-8(3)14-11/h4-5,7H,6H2,1-3H3. The molecule has 0 bridgehead atoms. The second kappa shape index (κ2) is 4.22. The number of furan rings is 1. The Labute approximate surface area is 83.1 Å². The molecule has 0 aliphatic carbocycles. The third kappa shape index (κ3) is 2.55. The molecule has 0 atom stereocenters. The van der Waals surface area contributed by atoms with Gasteiger partial charge in [-0.25, -0.2) is 0 Å². The normalized spacial score (nSPS) is 10.6. The first kappa shape index (κ1) is 10.7. The average Bonchev–Trinajstić information content (AvgIpc) is 2.51. The molecule has 0 unspecified atom stereocenters. The van der Waals surface area contributed by atoms with E-state index < -0.39 is 0 Å². The van der Waals surface area contributed by atoms with Gasteiger partial charge in [-0.15, -0.1) is 0 Å². The van der Waals surface area contributed by atoms with Crippen molar-refractivity contribution in [1.29, 1.82) is 0 Å². The van der Waals surface area contributed by atoms with Gasteiger partial charge in [0.15, 0.2) is 5.76 Å². The maximum atomic E-state index is 11.5. The molecule has 76 valence electrons. The molecule has 1 aromatic rings. The van der Waals surface area contributed by atoms with Crippen molar-refractivity contribution in [1.82, 2.24) is 0 Å². The smallest absolute Gasteiger partial charge is 0.205 e. The first-order valence-corrected chi connectivity index (χ1v) is 4.63. The van der Waals surface area contributed by atoms with Gasteiger partial charge in [0.2, 0.25) is 5.78 Å². The monoisotopic (exact) mass is 194 g/mol. The van der Waals surface area contributed by atoms with Gasteiger partial charge in [-0.2, -0.15) is 0 Å². The number of carbonyl (C=O) groups excluding carboxylic acids is 2. The van der Waals surface area contributed by atoms with Crippen molar-refractivity contribution >= 4 is 11.6 Å². The van der Waals surface area contributed by atoms with E-state index in [1.807, 2.05) is 0 Å². The fourth-order valence-electron chi connectivity index (χ4n) is 1.03. The van der Waals surface area contributed by atoms with Crippen molar-refractivity contribution in [3.05, 3.63) is 23.7 Å². The highest BCUT2D eigenvalue weighted by Gasteiger charge is 2.16. The van der Waals surface area contributed by atoms with E-state index >= 15 is 0 Å². The third-order valence-electron chi connectivity index (χ3n) is 1.99. The highest BCUT2D eigenvalue weighted by Crippen LogP contribution is 2.10. The topological polar surface area (TPSA) is 47.3 Å². The van der Waals surface area contributed by atoms with Crippen molar-refractivity contribution < 1.29 is 14.0 Å². The molecule has 1 heterocycles. The van der Waals surface area contributed by atoms with Crippen LogP contribution < -0.4 is 0 Å². The Hall–Kier alpha value is -1.38. The lowest BCUT2D eigenvalue weighted by Crippen LogP contribution is -2.12. The minimum absolute atomic E-state index is 0.0518. The fraction of sp³-hybridized carbons (Fsp3) is 0.455. The van der Waals surface area contributed by atoms with E-state index in [1.54, 1.807) is 32.9 Å². The van der Waals surface area contributed by atoms with Crippen LogP contribution in [0.1, 0.15) is 36.6 Å². The van der Waals surface area contributed by atoms with Crippen LogP contribution in [0.5, 0.6) is 0 Å². The van der Waals surface area contributed by atoms with Gasteiger partial charge in [0, 0.05) is 5.92 Å². The summed E-state index contributed by atoms with van der Waals surface area (Å²) in [6.45, 7) is 5.33. The molecule has 3 nitrogen and oxygen atoms in total. The van der Waals surface area contributed by atoms with Gasteiger partial charge in [-0.3, -0.25) is 9.59 Å². The van der Waals surface area contributed by atoms with Crippen LogP contribution in [0.3, 0.4) is 0 Å². The first-order valence-electron chi connectivity index (χ1n) is 4.63. The van der Waals surface area contributed by atoms with Gasteiger partial charge in [0.25, 0.3) is 0 Å². The van der Waals surface area contributed by atoms with Crippen LogP contribution in [-0.4, -0.2) is 11.6 Å². The zero-order valence-electron chi connectivity index (χ0n) is 8.66. The molecule has 1 rings (SSSR count). The van der Waals surface area contributed by atoms with Crippen LogP contribution in [-0.2, 0) is 4.79 Å². The predicted molar refractivity (Wildman–Crippen MR) is 52.2 cm³/mol. The van der Waals surface area contributed by atoms with Gasteiger partial charge >= 0.3 is 0 Å². The Morgan fingerprint density at radius 1 is 1.36 bits per heavy atom. The number of aryl methyl sites for hydroxylation is 1. The van der Waals surface area contributed by atoms with Crippen LogP contribution in [0.15, 0.2) is 16.5 Å². The van der Waals surface area contributed by atoms with Gasteiger partial charge < -0.3 is 4.42 Å². The maximum absolute atomic E-state index is 11.5. The molecule has 0 radical (unpaired) electrons. The molecule has 1 aromatic heterocycles. The van der Waals surface area contributed by atoms with E-state index in [1.165, 1.54) is 0 Å². The lowest BCUT2D eigenvalue weighted by molar-refractivity contribution is -0.121. The minimum atomic E-state index is -0.239. The second-order valence-corrected chi connectivity index (χ2v) is 3.63. The Morgan fingerprint density at radius 3 is 2.43 bits per heavy atom. The van der Waals surface area contributed by atoms with E-state index in [9.17, 15) is 9.59 Å². The molecule has 3 heteroatoms. The molecular formula is C11H14O3. The van der Waals surface area contributed by atoms with E-state index in [-0.39, 0.29) is 29.7 Å². The molecule has 0 N–H and O–H groups in total. The Balaban J connectivity index is 2.64. The summed E-state index contributed by atoms with van der Waals surface area (Å²) in [6, 6.07) is 3.32. The lowest BCUT2D eigenvalue weighted by atomic mass is 10.0. The van der Waals surface area contributed by atoms with E-state index in [0.717, 1.165) is 0 Å². The maximum Gasteiger partial charge on any atom is 0.205 e. The number of ketones is 2. The molecule has 0 spiro atoms. The van der Waals surface area contributed by atoms with Crippen molar-refractivity contribution in [2.24, 2.45) is 5.92 Å². The molecule has 0 amide bonds. The summed E-state index contributed by atoms with van der Waals surface area (Å²) in [5.74, 6) is 0.567. The van der Waals surface area contributed by atoms with Crippen LogP contribution in [0.25, 0.3) is 0 Å². The summed E-state index contributed by atoms with van der Waals surface area (Å²) in [7, 11) is 0.